The standard InChI is InChI=1S/C19H12Br2O2/c20-16-9-12(10-17(21)19(16)23)5-8-18(22)15-7-6-13-3-1-2-4-14(13)11-15/h1-11,23H/b8-5+. The zero-order chi connectivity index (χ0) is 16.4. The Bertz CT molecular complexity index is 907. The quantitative estimate of drug-likeness (QED) is 0.410. The minimum Gasteiger partial charge on any atom is -0.506 e. The number of allylic oxidation sites excluding steroid dienone is 1. The molecule has 23 heavy (non-hydrogen) atoms. The number of fused-ring (bicyclic) bond motifs is 1. The zero-order valence-corrected chi connectivity index (χ0v) is 15.1. The Kier molecular flexibility index (Phi) is 4.64. The molecule has 0 radical (unpaired) electrons. The van der Waals surface area contributed by atoms with Crippen molar-refractivity contribution in [3.05, 3.63) is 80.7 Å². The Balaban J connectivity index is 1.88. The highest BCUT2D eigenvalue weighted by atomic mass is 79.9. The molecule has 0 bridgehead atoms. The molecule has 0 atom stereocenters. The molecule has 0 amide bonds. The van der Waals surface area contributed by atoms with Crippen LogP contribution in [-0.4, -0.2) is 10.9 Å². The van der Waals surface area contributed by atoms with Gasteiger partial charge in [-0.05, 0) is 72.5 Å². The van der Waals surface area contributed by atoms with Gasteiger partial charge in [-0.3, -0.25) is 4.79 Å². The normalized spacial score (nSPS) is 11.2. The minimum atomic E-state index is -0.0592. The van der Waals surface area contributed by atoms with Crippen molar-refractivity contribution in [2.75, 3.05) is 0 Å². The molecule has 1 N–H and O–H groups in total. The number of halogens is 2. The molecule has 3 rings (SSSR count). The first-order chi connectivity index (χ1) is 11.0. The lowest BCUT2D eigenvalue weighted by Crippen LogP contribution is -1.93. The number of hydrogen-bond acceptors (Lipinski definition) is 2. The van der Waals surface area contributed by atoms with E-state index in [-0.39, 0.29) is 11.5 Å². The molecule has 4 heteroatoms. The molecule has 0 aliphatic heterocycles. The van der Waals surface area contributed by atoms with Crippen molar-refractivity contribution >= 4 is 54.5 Å². The Morgan fingerprint density at radius 2 is 1.57 bits per heavy atom. The molecule has 0 heterocycles. The third kappa shape index (κ3) is 3.54. The van der Waals surface area contributed by atoms with Gasteiger partial charge in [0.2, 0.25) is 0 Å². The molecule has 0 aliphatic rings. The monoisotopic (exact) mass is 430 g/mol. The maximum absolute atomic E-state index is 12.3. The Labute approximate surface area is 150 Å². The number of carbonyl (C=O) groups is 1. The lowest BCUT2D eigenvalue weighted by atomic mass is 10.0. The van der Waals surface area contributed by atoms with Crippen LogP contribution in [0.4, 0.5) is 0 Å². The smallest absolute Gasteiger partial charge is 0.185 e. The number of aromatic hydroxyl groups is 1. The van der Waals surface area contributed by atoms with Crippen molar-refractivity contribution < 1.29 is 9.90 Å². The molecule has 0 fully saturated rings. The second kappa shape index (κ2) is 6.69. The Morgan fingerprint density at radius 1 is 0.913 bits per heavy atom. The molecular formula is C19H12Br2O2. The van der Waals surface area contributed by atoms with Gasteiger partial charge >= 0.3 is 0 Å². The van der Waals surface area contributed by atoms with Crippen LogP contribution in [0.1, 0.15) is 15.9 Å². The fourth-order valence-electron chi connectivity index (χ4n) is 2.29. The summed E-state index contributed by atoms with van der Waals surface area (Å²) in [4.78, 5) is 12.3. The van der Waals surface area contributed by atoms with Gasteiger partial charge in [-0.1, -0.05) is 42.5 Å². The van der Waals surface area contributed by atoms with Crippen LogP contribution >= 0.6 is 31.9 Å². The number of rotatable bonds is 3. The first kappa shape index (κ1) is 16.0. The molecule has 0 aliphatic carbocycles. The van der Waals surface area contributed by atoms with Crippen LogP contribution < -0.4 is 0 Å². The summed E-state index contributed by atoms with van der Waals surface area (Å²) in [7, 11) is 0. The van der Waals surface area contributed by atoms with Gasteiger partial charge in [0, 0.05) is 5.56 Å². The van der Waals surface area contributed by atoms with E-state index in [4.69, 9.17) is 0 Å². The highest BCUT2D eigenvalue weighted by Crippen LogP contribution is 2.33. The molecule has 0 saturated heterocycles. The van der Waals surface area contributed by atoms with Crippen molar-refractivity contribution in [1.29, 1.82) is 0 Å². The van der Waals surface area contributed by atoms with Crippen LogP contribution in [0, 0.1) is 0 Å². The Hall–Kier alpha value is -1.91. The highest BCUT2D eigenvalue weighted by Gasteiger charge is 2.06. The van der Waals surface area contributed by atoms with E-state index in [1.807, 2.05) is 42.5 Å². The lowest BCUT2D eigenvalue weighted by Gasteiger charge is -2.03. The number of hydrogen-bond donors (Lipinski definition) is 1. The van der Waals surface area contributed by atoms with Crippen molar-refractivity contribution in [3.8, 4) is 5.75 Å². The average molecular weight is 432 g/mol. The van der Waals surface area contributed by atoms with Crippen molar-refractivity contribution in [2.45, 2.75) is 0 Å². The van der Waals surface area contributed by atoms with Gasteiger partial charge in [0.05, 0.1) is 8.95 Å². The molecule has 3 aromatic rings. The molecule has 0 saturated carbocycles. The summed E-state index contributed by atoms with van der Waals surface area (Å²) in [5.74, 6) is 0.0825. The SMILES string of the molecule is O=C(/C=C/c1cc(Br)c(O)c(Br)c1)c1ccc2ccccc2c1. The number of ketones is 1. The average Bonchev–Trinajstić information content (AvgIpc) is 2.57. The molecule has 0 aromatic heterocycles. The van der Waals surface area contributed by atoms with Gasteiger partial charge in [-0.2, -0.15) is 0 Å². The summed E-state index contributed by atoms with van der Waals surface area (Å²) in [5.41, 5.74) is 1.47. The van der Waals surface area contributed by atoms with E-state index < -0.39 is 0 Å². The summed E-state index contributed by atoms with van der Waals surface area (Å²) in [6, 6.07) is 17.1. The van der Waals surface area contributed by atoms with Gasteiger partial charge in [0.1, 0.15) is 5.75 Å². The largest absolute Gasteiger partial charge is 0.506 e. The lowest BCUT2D eigenvalue weighted by molar-refractivity contribution is 0.104. The van der Waals surface area contributed by atoms with E-state index in [0.717, 1.165) is 16.3 Å². The summed E-state index contributed by atoms with van der Waals surface area (Å²) >= 11 is 6.55. The van der Waals surface area contributed by atoms with Gasteiger partial charge in [0.25, 0.3) is 0 Å². The molecule has 3 aromatic carbocycles. The topological polar surface area (TPSA) is 37.3 Å². The third-order valence-electron chi connectivity index (χ3n) is 3.50. The van der Waals surface area contributed by atoms with Crippen LogP contribution in [0.3, 0.4) is 0 Å². The van der Waals surface area contributed by atoms with E-state index >= 15 is 0 Å². The van der Waals surface area contributed by atoms with Crippen molar-refractivity contribution in [3.63, 3.8) is 0 Å². The molecule has 0 spiro atoms. The van der Waals surface area contributed by atoms with Gasteiger partial charge < -0.3 is 5.11 Å². The van der Waals surface area contributed by atoms with E-state index in [0.29, 0.717) is 14.5 Å². The summed E-state index contributed by atoms with van der Waals surface area (Å²) in [6.45, 7) is 0. The number of carbonyl (C=O) groups excluding carboxylic acids is 1. The predicted octanol–water partition coefficient (Wildman–Crippen LogP) is 5.97. The second-order valence-electron chi connectivity index (χ2n) is 5.09. The van der Waals surface area contributed by atoms with Gasteiger partial charge in [-0.15, -0.1) is 0 Å². The van der Waals surface area contributed by atoms with Crippen LogP contribution in [0.2, 0.25) is 0 Å². The number of benzene rings is 3. The molecule has 2 nitrogen and oxygen atoms in total. The highest BCUT2D eigenvalue weighted by molar-refractivity contribution is 9.11. The summed E-state index contributed by atoms with van der Waals surface area (Å²) in [6.07, 6.45) is 3.27. The number of phenols is 1. The molecule has 0 unspecified atom stereocenters. The maximum Gasteiger partial charge on any atom is 0.185 e. The fourth-order valence-corrected chi connectivity index (χ4v) is 3.51. The van der Waals surface area contributed by atoms with E-state index in [1.54, 1.807) is 18.2 Å². The summed E-state index contributed by atoms with van der Waals surface area (Å²) in [5, 5.41) is 11.9. The minimum absolute atomic E-state index is 0.0592. The van der Waals surface area contributed by atoms with E-state index in [2.05, 4.69) is 31.9 Å². The molecular weight excluding hydrogens is 420 g/mol. The first-order valence-electron chi connectivity index (χ1n) is 6.94. The van der Waals surface area contributed by atoms with Crippen LogP contribution in [0.25, 0.3) is 16.8 Å². The van der Waals surface area contributed by atoms with Crippen molar-refractivity contribution in [2.24, 2.45) is 0 Å². The van der Waals surface area contributed by atoms with Crippen LogP contribution in [-0.2, 0) is 0 Å². The van der Waals surface area contributed by atoms with Crippen molar-refractivity contribution in [1.82, 2.24) is 0 Å². The Morgan fingerprint density at radius 3 is 2.26 bits per heavy atom. The fraction of sp³-hybridized carbons (Fsp3) is 0. The molecule has 114 valence electrons. The predicted molar refractivity (Wildman–Crippen MR) is 101 cm³/mol. The summed E-state index contributed by atoms with van der Waals surface area (Å²) < 4.78 is 1.15. The van der Waals surface area contributed by atoms with E-state index in [1.165, 1.54) is 6.08 Å². The second-order valence-corrected chi connectivity index (χ2v) is 6.80. The number of phenolic OH excluding ortho intramolecular Hbond substituents is 1. The first-order valence-corrected chi connectivity index (χ1v) is 8.52. The van der Waals surface area contributed by atoms with Gasteiger partial charge in [-0.25, -0.2) is 0 Å². The third-order valence-corrected chi connectivity index (χ3v) is 4.71. The van der Waals surface area contributed by atoms with Crippen LogP contribution in [0.5, 0.6) is 5.75 Å². The zero-order valence-electron chi connectivity index (χ0n) is 12.0. The van der Waals surface area contributed by atoms with Gasteiger partial charge in [0.15, 0.2) is 5.78 Å². The van der Waals surface area contributed by atoms with E-state index in [9.17, 15) is 9.90 Å². The van der Waals surface area contributed by atoms with Crippen LogP contribution in [0.15, 0.2) is 69.6 Å². The maximum atomic E-state index is 12.3.